The van der Waals surface area contributed by atoms with Crippen LogP contribution < -0.4 is 10.6 Å². The van der Waals surface area contributed by atoms with E-state index in [0.717, 1.165) is 18.4 Å². The van der Waals surface area contributed by atoms with Gasteiger partial charge in [-0.3, -0.25) is 9.59 Å². The first kappa shape index (κ1) is 19.9. The molecule has 0 heterocycles. The Balaban J connectivity index is 2.49. The summed E-state index contributed by atoms with van der Waals surface area (Å²) in [7, 11) is -3.55. The lowest BCUT2D eigenvalue weighted by molar-refractivity contribution is -0.117. The molecule has 2 N–H and O–H groups in total. The minimum atomic E-state index is -3.55. The van der Waals surface area contributed by atoms with Crippen LogP contribution in [0.25, 0.3) is 0 Å². The molecular weight excluding hydrogens is 383 g/mol. The number of halogens is 2. The summed E-state index contributed by atoms with van der Waals surface area (Å²) in [6.45, 7) is -0.0702. The zero-order valence-corrected chi connectivity index (χ0v) is 15.3. The summed E-state index contributed by atoms with van der Waals surface area (Å²) in [5, 5.41) is 0.0496. The van der Waals surface area contributed by atoms with Crippen molar-refractivity contribution in [1.82, 2.24) is 0 Å². The monoisotopic (exact) mass is 398 g/mol. The van der Waals surface area contributed by atoms with Crippen molar-refractivity contribution in [2.45, 2.75) is 11.3 Å². The second-order valence-corrected chi connectivity index (χ2v) is 7.99. The molecule has 0 aromatic heterocycles. The van der Waals surface area contributed by atoms with E-state index in [0.29, 0.717) is 5.69 Å². The van der Waals surface area contributed by atoms with Crippen molar-refractivity contribution in [3.05, 3.63) is 58.9 Å². The van der Waals surface area contributed by atoms with Gasteiger partial charge in [0, 0.05) is 24.9 Å². The van der Waals surface area contributed by atoms with Gasteiger partial charge in [-0.25, -0.2) is 12.8 Å². The van der Waals surface area contributed by atoms with Gasteiger partial charge in [0.05, 0.1) is 15.5 Å². The third-order valence-electron chi connectivity index (χ3n) is 3.56. The highest BCUT2D eigenvalue weighted by Gasteiger charge is 2.22. The van der Waals surface area contributed by atoms with Gasteiger partial charge in [-0.2, -0.15) is 0 Å². The standard InChI is InChI=1S/C17H16ClFN2O4S/c1-26(24,25)13-6-7-15(18)14(10-13)17(23)21(9-8-16(20)22)12-4-2-11(19)3-5-12/h2-7,10H,8-9H2,1H3,(H2,20,22). The van der Waals surface area contributed by atoms with Gasteiger partial charge < -0.3 is 10.6 Å². The number of nitrogens with zero attached hydrogens (tertiary/aromatic N) is 1. The van der Waals surface area contributed by atoms with Crippen molar-refractivity contribution in [2.75, 3.05) is 17.7 Å². The number of nitrogens with two attached hydrogens (primary N) is 1. The van der Waals surface area contributed by atoms with Crippen molar-refractivity contribution in [2.24, 2.45) is 5.73 Å². The molecule has 0 radical (unpaired) electrons. The molecule has 0 fully saturated rings. The normalized spacial score (nSPS) is 11.2. The average molecular weight is 399 g/mol. The van der Waals surface area contributed by atoms with Crippen molar-refractivity contribution in [1.29, 1.82) is 0 Å². The number of carbonyl (C=O) groups is 2. The van der Waals surface area contributed by atoms with Crippen LogP contribution in [0.3, 0.4) is 0 Å². The second-order valence-electron chi connectivity index (χ2n) is 5.56. The lowest BCUT2D eigenvalue weighted by Crippen LogP contribution is -2.34. The van der Waals surface area contributed by atoms with E-state index in [1.54, 1.807) is 0 Å². The third kappa shape index (κ3) is 4.80. The van der Waals surface area contributed by atoms with E-state index >= 15 is 0 Å². The third-order valence-corrected chi connectivity index (χ3v) is 5.00. The fourth-order valence-corrected chi connectivity index (χ4v) is 3.08. The molecule has 26 heavy (non-hydrogen) atoms. The van der Waals surface area contributed by atoms with Gasteiger partial charge in [0.2, 0.25) is 5.91 Å². The van der Waals surface area contributed by atoms with Crippen LogP contribution in [0.1, 0.15) is 16.8 Å². The zero-order chi connectivity index (χ0) is 19.5. The molecular formula is C17H16ClFN2O4S. The Morgan fingerprint density at radius 2 is 1.77 bits per heavy atom. The summed E-state index contributed by atoms with van der Waals surface area (Å²) < 4.78 is 36.7. The van der Waals surface area contributed by atoms with Crippen LogP contribution in [0.5, 0.6) is 0 Å². The maximum atomic E-state index is 13.2. The second kappa shape index (κ2) is 7.84. The van der Waals surface area contributed by atoms with Crippen LogP contribution in [0.2, 0.25) is 5.02 Å². The van der Waals surface area contributed by atoms with Crippen molar-refractivity contribution < 1.29 is 22.4 Å². The van der Waals surface area contributed by atoms with Gasteiger partial charge in [0.15, 0.2) is 9.84 Å². The van der Waals surface area contributed by atoms with Crippen molar-refractivity contribution in [3.8, 4) is 0 Å². The van der Waals surface area contributed by atoms with E-state index in [4.69, 9.17) is 17.3 Å². The molecule has 2 aromatic carbocycles. The number of sulfone groups is 1. The topological polar surface area (TPSA) is 97.5 Å². The largest absolute Gasteiger partial charge is 0.370 e. The number of rotatable bonds is 6. The molecule has 0 aliphatic heterocycles. The number of anilines is 1. The number of primary amides is 1. The average Bonchev–Trinajstić information content (AvgIpc) is 2.55. The molecule has 9 heteroatoms. The van der Waals surface area contributed by atoms with Crippen LogP contribution in [0.15, 0.2) is 47.4 Å². The highest BCUT2D eigenvalue weighted by Crippen LogP contribution is 2.25. The number of hydrogen-bond acceptors (Lipinski definition) is 4. The summed E-state index contributed by atoms with van der Waals surface area (Å²) in [5.41, 5.74) is 5.42. The van der Waals surface area contributed by atoms with E-state index in [-0.39, 0.29) is 28.4 Å². The first-order chi connectivity index (χ1) is 12.1. The minimum absolute atomic E-state index is 0.0496. The molecule has 0 saturated carbocycles. The first-order valence-electron chi connectivity index (χ1n) is 7.45. The van der Waals surface area contributed by atoms with Crippen molar-refractivity contribution in [3.63, 3.8) is 0 Å². The van der Waals surface area contributed by atoms with Gasteiger partial charge in [-0.1, -0.05) is 11.6 Å². The molecule has 0 saturated heterocycles. The van der Waals surface area contributed by atoms with E-state index < -0.39 is 27.5 Å². The van der Waals surface area contributed by atoms with Crippen LogP contribution >= 0.6 is 11.6 Å². The first-order valence-corrected chi connectivity index (χ1v) is 9.72. The van der Waals surface area contributed by atoms with E-state index in [1.807, 2.05) is 0 Å². The molecule has 0 atom stereocenters. The molecule has 2 amide bonds. The fraction of sp³-hybridized carbons (Fsp3) is 0.176. The SMILES string of the molecule is CS(=O)(=O)c1ccc(Cl)c(C(=O)N(CCC(N)=O)c2ccc(F)cc2)c1. The predicted molar refractivity (Wildman–Crippen MR) is 96.4 cm³/mol. The number of amides is 2. The van der Waals surface area contributed by atoms with Crippen molar-refractivity contribution >= 4 is 38.9 Å². The molecule has 0 aliphatic rings. The lowest BCUT2D eigenvalue weighted by atomic mass is 10.1. The zero-order valence-electron chi connectivity index (χ0n) is 13.8. The summed E-state index contributed by atoms with van der Waals surface area (Å²) in [6, 6.07) is 8.82. The molecule has 2 rings (SSSR count). The van der Waals surface area contributed by atoms with Crippen LogP contribution in [-0.2, 0) is 14.6 Å². The Morgan fingerprint density at radius 1 is 1.15 bits per heavy atom. The van der Waals surface area contributed by atoms with E-state index in [2.05, 4.69) is 0 Å². The number of carbonyl (C=O) groups excluding carboxylic acids is 2. The molecule has 138 valence electrons. The van der Waals surface area contributed by atoms with E-state index in [1.165, 1.54) is 35.2 Å². The summed E-state index contributed by atoms with van der Waals surface area (Å²) in [5.74, 6) is -1.75. The molecule has 2 aromatic rings. The van der Waals surface area contributed by atoms with Crippen LogP contribution in [0.4, 0.5) is 10.1 Å². The highest BCUT2D eigenvalue weighted by molar-refractivity contribution is 7.90. The van der Waals surface area contributed by atoms with Crippen LogP contribution in [0, 0.1) is 5.82 Å². The van der Waals surface area contributed by atoms with Gasteiger partial charge in [-0.15, -0.1) is 0 Å². The Morgan fingerprint density at radius 3 is 2.31 bits per heavy atom. The van der Waals surface area contributed by atoms with Gasteiger partial charge in [-0.05, 0) is 42.5 Å². The molecule has 0 unspecified atom stereocenters. The Hall–Kier alpha value is -2.45. The van der Waals surface area contributed by atoms with Gasteiger partial charge in [0.1, 0.15) is 5.82 Å². The molecule has 0 aliphatic carbocycles. The van der Waals surface area contributed by atoms with Crippen LogP contribution in [-0.4, -0.2) is 33.0 Å². The Kier molecular flexibility index (Phi) is 5.99. The maximum Gasteiger partial charge on any atom is 0.259 e. The highest BCUT2D eigenvalue weighted by atomic mass is 35.5. The predicted octanol–water partition coefficient (Wildman–Crippen LogP) is 2.40. The molecule has 6 nitrogen and oxygen atoms in total. The quantitative estimate of drug-likeness (QED) is 0.807. The number of hydrogen-bond donors (Lipinski definition) is 1. The summed E-state index contributed by atoms with van der Waals surface area (Å²) in [6.07, 6.45) is 0.877. The summed E-state index contributed by atoms with van der Waals surface area (Å²) in [4.78, 5) is 25.2. The Labute approximate surface area is 155 Å². The van der Waals surface area contributed by atoms with E-state index in [9.17, 15) is 22.4 Å². The summed E-state index contributed by atoms with van der Waals surface area (Å²) >= 11 is 6.07. The minimum Gasteiger partial charge on any atom is -0.370 e. The molecule has 0 bridgehead atoms. The van der Waals surface area contributed by atoms with Gasteiger partial charge in [0.25, 0.3) is 5.91 Å². The smallest absolute Gasteiger partial charge is 0.259 e. The van der Waals surface area contributed by atoms with Gasteiger partial charge >= 0.3 is 0 Å². The molecule has 0 spiro atoms. The Bertz CT molecular complexity index is 946. The maximum absolute atomic E-state index is 13.2. The number of benzene rings is 2. The lowest BCUT2D eigenvalue weighted by Gasteiger charge is -2.23. The fourth-order valence-electron chi connectivity index (χ4n) is 2.24.